The van der Waals surface area contributed by atoms with E-state index in [0.717, 1.165) is 6.67 Å². The molecule has 0 unspecified atom stereocenters. The quantitative estimate of drug-likeness (QED) is 0.451. The van der Waals surface area contributed by atoms with Crippen molar-refractivity contribution in [3.8, 4) is 0 Å². The molecule has 2 rings (SSSR count). The van der Waals surface area contributed by atoms with Crippen molar-refractivity contribution in [2.24, 2.45) is 0 Å². The van der Waals surface area contributed by atoms with Crippen LogP contribution >= 0.6 is 0 Å². The second kappa shape index (κ2) is 2.29. The Kier molecular flexibility index (Phi) is 1.31. The van der Waals surface area contributed by atoms with Gasteiger partial charge in [0.15, 0.2) is 6.21 Å². The molecule has 0 radical (unpaired) electrons. The fraction of sp³-hybridized carbons (Fsp3) is 0.375. The van der Waals surface area contributed by atoms with Crippen LogP contribution < -0.4 is 10.3 Å². The summed E-state index contributed by atoms with van der Waals surface area (Å²) in [5, 5.41) is 3.27. The van der Waals surface area contributed by atoms with Crippen molar-refractivity contribution >= 4 is 6.21 Å². The molecule has 2 aliphatic rings. The van der Waals surface area contributed by atoms with Crippen molar-refractivity contribution in [3.05, 3.63) is 23.4 Å². The smallest absolute Gasteiger partial charge is 0.214 e. The second-order valence-corrected chi connectivity index (χ2v) is 2.58. The molecule has 0 aromatic heterocycles. The molecule has 0 amide bonds. The average molecular weight is 135 g/mol. The van der Waals surface area contributed by atoms with Gasteiger partial charge in [-0.3, -0.25) is 0 Å². The molecule has 10 heavy (non-hydrogen) atoms. The molecule has 2 nitrogen and oxygen atoms in total. The third-order valence-electron chi connectivity index (χ3n) is 1.87. The molecule has 0 spiro atoms. The van der Waals surface area contributed by atoms with Crippen LogP contribution in [-0.2, 0) is 0 Å². The van der Waals surface area contributed by atoms with E-state index in [4.69, 9.17) is 0 Å². The van der Waals surface area contributed by atoms with Crippen molar-refractivity contribution in [2.75, 3.05) is 6.67 Å². The molecule has 0 saturated carbocycles. The summed E-state index contributed by atoms with van der Waals surface area (Å²) in [6.45, 7) is 0.864. The van der Waals surface area contributed by atoms with Gasteiger partial charge in [-0.2, -0.15) is 0 Å². The van der Waals surface area contributed by atoms with Gasteiger partial charge in [0.1, 0.15) is 0 Å². The maximum Gasteiger partial charge on any atom is 0.214 e. The minimum atomic E-state index is 0.864. The minimum Gasteiger partial charge on any atom is -0.330 e. The van der Waals surface area contributed by atoms with E-state index in [-0.39, 0.29) is 0 Å². The number of rotatable bonds is 0. The Morgan fingerprint density at radius 2 is 2.50 bits per heavy atom. The number of nitrogens with one attached hydrogen (secondary N) is 2. The topological polar surface area (TPSA) is 26.0 Å². The van der Waals surface area contributed by atoms with Gasteiger partial charge in [0.05, 0.1) is 0 Å². The van der Waals surface area contributed by atoms with Gasteiger partial charge in [0.25, 0.3) is 0 Å². The summed E-state index contributed by atoms with van der Waals surface area (Å²) in [5.41, 5.74) is 2.71. The standard InChI is InChI=1S/C8H10N2/c1-2-4-8-7(3-1)5-9-6-10-8/h2,4-5,10H,1,3,6H2/p+1. The van der Waals surface area contributed by atoms with Crippen molar-refractivity contribution in [1.29, 1.82) is 0 Å². The van der Waals surface area contributed by atoms with Gasteiger partial charge in [-0.15, -0.1) is 0 Å². The molecule has 1 heterocycles. The summed E-state index contributed by atoms with van der Waals surface area (Å²) in [5.74, 6) is 0. The predicted octanol–water partition coefficient (Wildman–Crippen LogP) is -0.697. The van der Waals surface area contributed by atoms with Crippen LogP contribution in [0.2, 0.25) is 0 Å². The van der Waals surface area contributed by atoms with Gasteiger partial charge in [-0.1, -0.05) is 6.08 Å². The van der Waals surface area contributed by atoms with Gasteiger partial charge < -0.3 is 5.32 Å². The van der Waals surface area contributed by atoms with Gasteiger partial charge in [-0.05, 0) is 18.9 Å². The van der Waals surface area contributed by atoms with Crippen LogP contribution in [0.4, 0.5) is 0 Å². The highest BCUT2D eigenvalue weighted by atomic mass is 15.0. The van der Waals surface area contributed by atoms with Crippen LogP contribution in [0.5, 0.6) is 0 Å². The number of hydrogen-bond donors (Lipinski definition) is 2. The lowest BCUT2D eigenvalue weighted by molar-refractivity contribution is -0.458. The minimum absolute atomic E-state index is 0.864. The summed E-state index contributed by atoms with van der Waals surface area (Å²) < 4.78 is 0. The van der Waals surface area contributed by atoms with Crippen LogP contribution in [0.25, 0.3) is 0 Å². The Labute approximate surface area is 60.3 Å². The fourth-order valence-electron chi connectivity index (χ4n) is 1.32. The Morgan fingerprint density at radius 1 is 1.50 bits per heavy atom. The fourth-order valence-corrected chi connectivity index (χ4v) is 1.32. The lowest BCUT2D eigenvalue weighted by Crippen LogP contribution is -2.75. The molecule has 0 aromatic carbocycles. The van der Waals surface area contributed by atoms with E-state index in [1.807, 2.05) is 0 Å². The van der Waals surface area contributed by atoms with E-state index >= 15 is 0 Å². The monoisotopic (exact) mass is 135 g/mol. The summed E-state index contributed by atoms with van der Waals surface area (Å²) in [6, 6.07) is 0. The van der Waals surface area contributed by atoms with Gasteiger partial charge in [0, 0.05) is 11.3 Å². The largest absolute Gasteiger partial charge is 0.330 e. The maximum absolute atomic E-state index is 3.27. The van der Waals surface area contributed by atoms with Crippen molar-refractivity contribution in [2.45, 2.75) is 12.8 Å². The summed E-state index contributed by atoms with van der Waals surface area (Å²) in [4.78, 5) is 3.16. The molecule has 1 aliphatic heterocycles. The number of allylic oxidation sites excluding steroid dienone is 3. The molecule has 52 valence electrons. The molecule has 2 N–H and O–H groups in total. The summed E-state index contributed by atoms with van der Waals surface area (Å²) in [7, 11) is 0. The Hall–Kier alpha value is -1.05. The highest BCUT2D eigenvalue weighted by Gasteiger charge is 2.11. The first-order chi connectivity index (χ1) is 4.97. The van der Waals surface area contributed by atoms with E-state index < -0.39 is 0 Å². The maximum atomic E-state index is 3.27. The molecule has 0 saturated heterocycles. The van der Waals surface area contributed by atoms with Crippen LogP contribution in [-0.4, -0.2) is 12.9 Å². The highest BCUT2D eigenvalue weighted by Crippen LogP contribution is 2.14. The molecular weight excluding hydrogens is 124 g/mol. The van der Waals surface area contributed by atoms with Gasteiger partial charge in [-0.25, -0.2) is 4.99 Å². The lowest BCUT2D eigenvalue weighted by Gasteiger charge is -2.13. The zero-order valence-corrected chi connectivity index (χ0v) is 5.85. The van der Waals surface area contributed by atoms with E-state index in [2.05, 4.69) is 28.7 Å². The second-order valence-electron chi connectivity index (χ2n) is 2.58. The van der Waals surface area contributed by atoms with Crippen LogP contribution in [0, 0.1) is 0 Å². The van der Waals surface area contributed by atoms with Crippen LogP contribution in [0.15, 0.2) is 23.4 Å². The Balaban J connectivity index is 2.32. The molecular formula is C8H11N2+. The van der Waals surface area contributed by atoms with E-state index in [1.54, 1.807) is 0 Å². The molecule has 0 fully saturated rings. The third kappa shape index (κ3) is 0.856. The van der Waals surface area contributed by atoms with Gasteiger partial charge in [0.2, 0.25) is 6.67 Å². The van der Waals surface area contributed by atoms with Crippen LogP contribution in [0.1, 0.15) is 12.8 Å². The molecule has 1 aliphatic carbocycles. The van der Waals surface area contributed by atoms with Crippen LogP contribution in [0.3, 0.4) is 0 Å². The zero-order chi connectivity index (χ0) is 6.81. The lowest BCUT2D eigenvalue weighted by atomic mass is 10.0. The van der Waals surface area contributed by atoms with Crippen molar-refractivity contribution in [1.82, 2.24) is 5.32 Å². The normalized spacial score (nSPS) is 22.4. The summed E-state index contributed by atoms with van der Waals surface area (Å²) >= 11 is 0. The van der Waals surface area contributed by atoms with E-state index in [0.29, 0.717) is 0 Å². The zero-order valence-electron chi connectivity index (χ0n) is 5.85. The first-order valence-electron chi connectivity index (χ1n) is 3.67. The van der Waals surface area contributed by atoms with Crippen molar-refractivity contribution in [3.63, 3.8) is 0 Å². The van der Waals surface area contributed by atoms with Gasteiger partial charge >= 0.3 is 0 Å². The summed E-state index contributed by atoms with van der Waals surface area (Å²) in [6.07, 6.45) is 8.83. The average Bonchev–Trinajstić information content (AvgIpc) is 2.05. The highest BCUT2D eigenvalue weighted by molar-refractivity contribution is 5.76. The van der Waals surface area contributed by atoms with Crippen molar-refractivity contribution < 1.29 is 4.99 Å². The molecule has 0 bridgehead atoms. The third-order valence-corrected chi connectivity index (χ3v) is 1.87. The number of hydrogen-bond acceptors (Lipinski definition) is 1. The van der Waals surface area contributed by atoms with E-state index in [9.17, 15) is 0 Å². The predicted molar refractivity (Wildman–Crippen MR) is 40.4 cm³/mol. The Bertz CT molecular complexity index is 199. The Morgan fingerprint density at radius 3 is 3.40 bits per heavy atom. The molecule has 0 aromatic rings. The SMILES string of the molecule is C1=CC2=C(C=[NH+]CN2)CC1. The van der Waals surface area contributed by atoms with E-state index in [1.165, 1.54) is 24.1 Å². The molecule has 2 heteroatoms. The first-order valence-corrected chi connectivity index (χ1v) is 3.67. The molecule has 0 atom stereocenters. The first kappa shape index (κ1) is 5.71.